The molecule has 1 amide bonds. The molecule has 2 heterocycles. The van der Waals surface area contributed by atoms with E-state index in [4.69, 9.17) is 0 Å². The lowest BCUT2D eigenvalue weighted by molar-refractivity contribution is -0.132. The minimum absolute atomic E-state index is 0.0750. The molecule has 1 aliphatic rings. The zero-order chi connectivity index (χ0) is 12.6. The Balaban J connectivity index is 2.25. The van der Waals surface area contributed by atoms with Crippen LogP contribution in [0, 0.1) is 0 Å². The highest BCUT2D eigenvalue weighted by Crippen LogP contribution is 2.28. The van der Waals surface area contributed by atoms with Crippen LogP contribution in [0.25, 0.3) is 0 Å². The molecular formula is C9H11BrN2O3S2. The summed E-state index contributed by atoms with van der Waals surface area (Å²) >= 11 is 4.38. The minimum Gasteiger partial charge on any atom is -0.343 e. The molecule has 2 rings (SSSR count). The molecule has 0 radical (unpaired) electrons. The zero-order valence-corrected chi connectivity index (χ0v) is 12.3. The van der Waals surface area contributed by atoms with E-state index in [2.05, 4.69) is 15.9 Å². The first-order valence-corrected chi connectivity index (χ1v) is 7.95. The van der Waals surface area contributed by atoms with Gasteiger partial charge in [-0.15, -0.1) is 11.3 Å². The highest BCUT2D eigenvalue weighted by atomic mass is 79.9. The zero-order valence-electron chi connectivity index (χ0n) is 9.09. The van der Waals surface area contributed by atoms with E-state index in [-0.39, 0.29) is 16.7 Å². The highest BCUT2D eigenvalue weighted by Gasteiger charge is 2.32. The monoisotopic (exact) mass is 338 g/mol. The summed E-state index contributed by atoms with van der Waals surface area (Å²) in [5, 5.41) is 0. The lowest BCUT2D eigenvalue weighted by Gasteiger charge is -2.30. The van der Waals surface area contributed by atoms with Gasteiger partial charge in [0, 0.05) is 20.1 Å². The van der Waals surface area contributed by atoms with Gasteiger partial charge in [0.25, 0.3) is 10.0 Å². The van der Waals surface area contributed by atoms with Crippen LogP contribution in [0.5, 0.6) is 0 Å². The minimum atomic E-state index is -3.52. The largest absolute Gasteiger partial charge is 0.343 e. The predicted molar refractivity (Wildman–Crippen MR) is 68.4 cm³/mol. The maximum Gasteiger partial charge on any atom is 0.253 e. The van der Waals surface area contributed by atoms with E-state index in [9.17, 15) is 13.2 Å². The van der Waals surface area contributed by atoms with Crippen LogP contribution in [0.15, 0.2) is 20.1 Å². The molecule has 8 heteroatoms. The molecule has 0 N–H and O–H groups in total. The predicted octanol–water partition coefficient (Wildman–Crippen LogP) is 0.973. The Morgan fingerprint density at radius 2 is 2.06 bits per heavy atom. The number of thiophene rings is 1. The van der Waals surface area contributed by atoms with Gasteiger partial charge in [0.05, 0.1) is 10.3 Å². The Hall–Kier alpha value is -0.440. The van der Waals surface area contributed by atoms with E-state index in [1.807, 2.05) is 0 Å². The van der Waals surface area contributed by atoms with E-state index in [0.717, 1.165) is 15.1 Å². The third-order valence-electron chi connectivity index (χ3n) is 2.56. The molecule has 0 bridgehead atoms. The standard InChI is InChI=1S/C9H11BrN2O3S2/c1-11-4-5-12(6-8(11)13)17(14,15)9-3-2-7(10)16-9/h2-3H,4-6H2,1H3. The van der Waals surface area contributed by atoms with E-state index in [1.165, 1.54) is 9.21 Å². The molecule has 1 aromatic heterocycles. The summed E-state index contributed by atoms with van der Waals surface area (Å²) < 4.78 is 26.7. The maximum absolute atomic E-state index is 12.2. The van der Waals surface area contributed by atoms with Crippen molar-refractivity contribution >= 4 is 43.2 Å². The second-order valence-electron chi connectivity index (χ2n) is 3.71. The number of carbonyl (C=O) groups excluding carboxylic acids is 1. The lowest BCUT2D eigenvalue weighted by atomic mass is 10.4. The first kappa shape index (κ1) is 13.0. The van der Waals surface area contributed by atoms with Crippen molar-refractivity contribution in [3.05, 3.63) is 15.9 Å². The second kappa shape index (κ2) is 4.68. The summed E-state index contributed by atoms with van der Waals surface area (Å²) in [5.74, 6) is -0.171. The van der Waals surface area contributed by atoms with Crippen molar-refractivity contribution in [3.63, 3.8) is 0 Å². The summed E-state index contributed by atoms with van der Waals surface area (Å²) in [4.78, 5) is 13.0. The van der Waals surface area contributed by atoms with E-state index < -0.39 is 10.0 Å². The molecule has 17 heavy (non-hydrogen) atoms. The van der Waals surface area contributed by atoms with Gasteiger partial charge in [0.1, 0.15) is 4.21 Å². The van der Waals surface area contributed by atoms with Crippen molar-refractivity contribution in [2.24, 2.45) is 0 Å². The number of carbonyl (C=O) groups is 1. The number of piperazine rings is 1. The Morgan fingerprint density at radius 1 is 1.35 bits per heavy atom. The molecule has 94 valence electrons. The fraction of sp³-hybridized carbons (Fsp3) is 0.444. The van der Waals surface area contributed by atoms with Crippen molar-refractivity contribution < 1.29 is 13.2 Å². The van der Waals surface area contributed by atoms with Crippen LogP contribution in [0.2, 0.25) is 0 Å². The third kappa shape index (κ3) is 2.54. The molecule has 1 aliphatic heterocycles. The van der Waals surface area contributed by atoms with Crippen molar-refractivity contribution in [1.29, 1.82) is 0 Å². The first-order valence-electron chi connectivity index (χ1n) is 4.91. The maximum atomic E-state index is 12.2. The molecule has 1 aromatic rings. The second-order valence-corrected chi connectivity index (χ2v) is 8.34. The van der Waals surface area contributed by atoms with Crippen LogP contribution in [0.4, 0.5) is 0 Å². The smallest absolute Gasteiger partial charge is 0.253 e. The van der Waals surface area contributed by atoms with E-state index >= 15 is 0 Å². The van der Waals surface area contributed by atoms with Crippen LogP contribution in [0.3, 0.4) is 0 Å². The molecule has 0 aliphatic carbocycles. The summed E-state index contributed by atoms with van der Waals surface area (Å²) in [6, 6.07) is 3.24. The topological polar surface area (TPSA) is 57.7 Å². The van der Waals surface area contributed by atoms with Gasteiger partial charge in [0.15, 0.2) is 0 Å². The van der Waals surface area contributed by atoms with Crippen molar-refractivity contribution in [1.82, 2.24) is 9.21 Å². The highest BCUT2D eigenvalue weighted by molar-refractivity contribution is 9.11. The number of hydrogen-bond donors (Lipinski definition) is 0. The SMILES string of the molecule is CN1CCN(S(=O)(=O)c2ccc(Br)s2)CC1=O. The molecule has 1 fully saturated rings. The number of sulfonamides is 1. The van der Waals surface area contributed by atoms with Gasteiger partial charge < -0.3 is 4.90 Å². The van der Waals surface area contributed by atoms with Gasteiger partial charge in [-0.3, -0.25) is 4.79 Å². The summed E-state index contributed by atoms with van der Waals surface area (Å²) in [6.07, 6.45) is 0. The van der Waals surface area contributed by atoms with Crippen molar-refractivity contribution in [3.8, 4) is 0 Å². The van der Waals surface area contributed by atoms with Crippen LogP contribution in [-0.2, 0) is 14.8 Å². The molecule has 0 atom stereocenters. The Labute approximate surface area is 112 Å². The first-order chi connectivity index (χ1) is 7.91. The summed E-state index contributed by atoms with van der Waals surface area (Å²) in [7, 11) is -1.85. The average Bonchev–Trinajstić information content (AvgIpc) is 2.69. The number of likely N-dealkylation sites (N-methyl/N-ethyl adjacent to an activating group) is 1. The Morgan fingerprint density at radius 3 is 2.59 bits per heavy atom. The fourth-order valence-corrected chi connectivity index (χ4v) is 5.05. The number of rotatable bonds is 2. The molecule has 0 unspecified atom stereocenters. The molecule has 1 saturated heterocycles. The summed E-state index contributed by atoms with van der Waals surface area (Å²) in [5.41, 5.74) is 0. The molecule has 0 spiro atoms. The number of halogens is 1. The normalized spacial score (nSPS) is 18.7. The van der Waals surface area contributed by atoms with Crippen LogP contribution < -0.4 is 0 Å². The molecule has 0 aromatic carbocycles. The molecular weight excluding hydrogens is 328 g/mol. The Bertz CT molecular complexity index is 540. The van der Waals surface area contributed by atoms with Gasteiger partial charge in [-0.2, -0.15) is 4.31 Å². The van der Waals surface area contributed by atoms with Crippen LogP contribution in [0.1, 0.15) is 0 Å². The Kier molecular flexibility index (Phi) is 3.58. The van der Waals surface area contributed by atoms with Gasteiger partial charge >= 0.3 is 0 Å². The van der Waals surface area contributed by atoms with Gasteiger partial charge in [-0.05, 0) is 28.1 Å². The van der Waals surface area contributed by atoms with Crippen molar-refractivity contribution in [2.75, 3.05) is 26.7 Å². The van der Waals surface area contributed by atoms with Crippen LogP contribution >= 0.6 is 27.3 Å². The third-order valence-corrected chi connectivity index (χ3v) is 6.50. The number of amides is 1. The summed E-state index contributed by atoms with van der Waals surface area (Å²) in [6.45, 7) is 0.707. The van der Waals surface area contributed by atoms with Gasteiger partial charge in [-0.1, -0.05) is 0 Å². The van der Waals surface area contributed by atoms with E-state index in [0.29, 0.717) is 13.1 Å². The number of hydrogen-bond acceptors (Lipinski definition) is 4. The van der Waals surface area contributed by atoms with Crippen molar-refractivity contribution in [2.45, 2.75) is 4.21 Å². The van der Waals surface area contributed by atoms with Gasteiger partial charge in [-0.25, -0.2) is 8.42 Å². The van der Waals surface area contributed by atoms with Gasteiger partial charge in [0.2, 0.25) is 5.91 Å². The lowest BCUT2D eigenvalue weighted by Crippen LogP contribution is -2.50. The number of nitrogens with zero attached hydrogens (tertiary/aromatic N) is 2. The van der Waals surface area contributed by atoms with E-state index in [1.54, 1.807) is 19.2 Å². The molecule has 5 nitrogen and oxygen atoms in total. The average molecular weight is 339 g/mol. The van der Waals surface area contributed by atoms with Crippen LogP contribution in [-0.4, -0.2) is 50.2 Å². The quantitative estimate of drug-likeness (QED) is 0.807. The fourth-order valence-electron chi connectivity index (χ4n) is 1.51. The molecule has 0 saturated carbocycles.